The summed E-state index contributed by atoms with van der Waals surface area (Å²) in [5, 5.41) is 24.3. The number of amides is 7. The van der Waals surface area contributed by atoms with Gasteiger partial charge in [-0.3, -0.25) is 48.2 Å². The van der Waals surface area contributed by atoms with Crippen LogP contribution in [-0.2, 0) is 93.8 Å². The minimum Gasteiger partial charge on any atom is -0.458 e. The van der Waals surface area contributed by atoms with E-state index >= 15 is 4.39 Å². The topological polar surface area (TPSA) is 304 Å². The highest BCUT2D eigenvalue weighted by atomic mass is 19.1. The van der Waals surface area contributed by atoms with Crippen LogP contribution in [0, 0.1) is 12.7 Å². The molecule has 2 aromatic heterocycles. The largest absolute Gasteiger partial charge is 0.458 e. The number of pyridine rings is 2. The third kappa shape index (κ3) is 14.5. The van der Waals surface area contributed by atoms with E-state index in [1.807, 2.05) is 4.90 Å². The van der Waals surface area contributed by atoms with Crippen LogP contribution in [0.25, 0.3) is 22.3 Å². The highest BCUT2D eigenvalue weighted by molar-refractivity contribution is 6.12. The van der Waals surface area contributed by atoms with Crippen LogP contribution in [0.5, 0.6) is 0 Å². The van der Waals surface area contributed by atoms with E-state index in [0.717, 1.165) is 4.90 Å². The molecule has 1 fully saturated rings. The van der Waals surface area contributed by atoms with E-state index in [2.05, 4.69) is 26.6 Å². The molecule has 4 aromatic rings. The third-order valence-electron chi connectivity index (χ3n) is 14.0. The molecule has 81 heavy (non-hydrogen) atoms. The van der Waals surface area contributed by atoms with Crippen molar-refractivity contribution in [3.8, 4) is 11.4 Å². The number of aliphatic hydroxyl groups is 1. The second kappa shape index (κ2) is 26.6. The van der Waals surface area contributed by atoms with Crippen molar-refractivity contribution in [2.45, 2.75) is 70.1 Å². The smallest absolute Gasteiger partial charge is 0.343 e. The Hall–Kier alpha value is -7.88. The van der Waals surface area contributed by atoms with Crippen molar-refractivity contribution >= 4 is 58.2 Å². The Morgan fingerprint density at radius 2 is 1.46 bits per heavy atom. The van der Waals surface area contributed by atoms with E-state index < -0.39 is 90.6 Å². The summed E-state index contributed by atoms with van der Waals surface area (Å²) in [5.74, 6) is -5.37. The maximum absolute atomic E-state index is 16.0. The first kappa shape index (κ1) is 59.2. The van der Waals surface area contributed by atoms with Crippen LogP contribution in [-0.4, -0.2) is 176 Å². The number of aromatic nitrogens is 2. The molecule has 7 amide bonds. The van der Waals surface area contributed by atoms with Gasteiger partial charge in [-0.15, -0.1) is 0 Å². The van der Waals surface area contributed by atoms with Crippen molar-refractivity contribution in [3.05, 3.63) is 110 Å². The van der Waals surface area contributed by atoms with Gasteiger partial charge in [0.1, 0.15) is 25.2 Å². The van der Waals surface area contributed by atoms with Crippen molar-refractivity contribution in [3.63, 3.8) is 0 Å². The van der Waals surface area contributed by atoms with Crippen molar-refractivity contribution in [2.24, 2.45) is 0 Å². The van der Waals surface area contributed by atoms with Crippen LogP contribution >= 0.6 is 0 Å². The van der Waals surface area contributed by atoms with Crippen LogP contribution in [0.3, 0.4) is 0 Å². The first-order valence-corrected chi connectivity index (χ1v) is 26.3. The number of carbonyl (C=O) groups excluding carboxylic acids is 8. The zero-order valence-corrected chi connectivity index (χ0v) is 44.7. The molecule has 8 rings (SSSR count). The molecule has 2 atom stereocenters. The Labute approximate surface area is 462 Å². The fourth-order valence-corrected chi connectivity index (χ4v) is 9.70. The number of carbonyl (C=O) groups is 8. The Balaban J connectivity index is 0.728. The number of ether oxygens (including phenoxy) is 5. The molecular formula is C55H63F2N9O15. The molecule has 0 bridgehead atoms. The van der Waals surface area contributed by atoms with Crippen LogP contribution in [0.2, 0.25) is 0 Å². The lowest BCUT2D eigenvalue weighted by Crippen LogP contribution is -2.61. The number of halogens is 2. The number of imide groups is 1. The maximum atomic E-state index is 16.0. The number of aryl methyl sites for hydroxylation is 1. The number of cyclic esters (lactones) is 1. The summed E-state index contributed by atoms with van der Waals surface area (Å²) in [4.78, 5) is 121. The Kier molecular flexibility index (Phi) is 19.5. The van der Waals surface area contributed by atoms with E-state index in [4.69, 9.17) is 28.7 Å². The quantitative estimate of drug-likeness (QED) is 0.0153. The summed E-state index contributed by atoms with van der Waals surface area (Å²) in [6, 6.07) is 12.1. The SMILES string of the molecule is CC[C@@]1(O)C(=O)OCc2c1cc1n(c2=O)Cc2c-1nc1cc(F)c(C)cc1c2CN1CC(F)(COCNC(=O)CNC(=O)C(Cc2ccccc2)NC(=O)CNC(=O)CNC(=O)CCOCCOCCOCCN2C(=O)C=CC2=O)C1. The maximum Gasteiger partial charge on any atom is 0.343 e. The van der Waals surface area contributed by atoms with Gasteiger partial charge in [0.25, 0.3) is 17.4 Å². The number of hydrogen-bond donors (Lipinski definition) is 6. The van der Waals surface area contributed by atoms with E-state index in [0.29, 0.717) is 44.5 Å². The predicted octanol–water partition coefficient (Wildman–Crippen LogP) is -0.418. The molecule has 6 N–H and O–H groups in total. The van der Waals surface area contributed by atoms with Crippen molar-refractivity contribution in [2.75, 3.05) is 92.2 Å². The van der Waals surface area contributed by atoms with Gasteiger partial charge in [0.2, 0.25) is 29.5 Å². The molecule has 1 unspecified atom stereocenters. The first-order chi connectivity index (χ1) is 38.9. The van der Waals surface area contributed by atoms with Crippen LogP contribution in [0.15, 0.2) is 65.5 Å². The molecule has 4 aliphatic heterocycles. The fourth-order valence-electron chi connectivity index (χ4n) is 9.70. The van der Waals surface area contributed by atoms with Gasteiger partial charge in [-0.2, -0.15) is 0 Å². The van der Waals surface area contributed by atoms with Gasteiger partial charge in [-0.05, 0) is 42.2 Å². The Morgan fingerprint density at radius 3 is 2.17 bits per heavy atom. The van der Waals surface area contributed by atoms with Gasteiger partial charge in [-0.25, -0.2) is 18.6 Å². The highest BCUT2D eigenvalue weighted by Crippen LogP contribution is 2.41. The third-order valence-corrected chi connectivity index (χ3v) is 14.0. The number of nitrogens with one attached hydrogen (secondary N) is 5. The van der Waals surface area contributed by atoms with Crippen molar-refractivity contribution in [1.29, 1.82) is 0 Å². The van der Waals surface area contributed by atoms with E-state index in [1.165, 1.54) is 22.8 Å². The van der Waals surface area contributed by atoms with Gasteiger partial charge < -0.3 is 59.9 Å². The number of likely N-dealkylation sites (tertiary alicyclic amines) is 1. The minimum atomic E-state index is -2.04. The lowest BCUT2D eigenvalue weighted by Gasteiger charge is -2.44. The molecule has 0 spiro atoms. The van der Waals surface area contributed by atoms with Gasteiger partial charge in [0.15, 0.2) is 11.3 Å². The zero-order chi connectivity index (χ0) is 57.8. The fraction of sp³-hybridized carbons (Fsp3) is 0.455. The zero-order valence-electron chi connectivity index (χ0n) is 44.7. The second-order valence-electron chi connectivity index (χ2n) is 19.9. The summed E-state index contributed by atoms with van der Waals surface area (Å²) >= 11 is 0. The number of rotatable bonds is 29. The average Bonchev–Trinajstić information content (AvgIpc) is 2.72. The molecule has 0 radical (unpaired) electrons. The molecule has 26 heteroatoms. The van der Waals surface area contributed by atoms with Gasteiger partial charge in [0, 0.05) is 67.2 Å². The average molecular weight is 1130 g/mol. The lowest BCUT2D eigenvalue weighted by molar-refractivity contribution is -0.172. The number of fused-ring (bicyclic) bond motifs is 5. The molecule has 0 aliphatic carbocycles. The predicted molar refractivity (Wildman–Crippen MR) is 281 cm³/mol. The van der Waals surface area contributed by atoms with Crippen molar-refractivity contribution in [1.82, 2.24) is 45.9 Å². The summed E-state index contributed by atoms with van der Waals surface area (Å²) in [6.45, 7) is 2.07. The van der Waals surface area contributed by atoms with Crippen LogP contribution in [0.4, 0.5) is 8.78 Å². The number of esters is 1. The van der Waals surface area contributed by atoms with Crippen molar-refractivity contribution < 1.29 is 75.9 Å². The second-order valence-corrected chi connectivity index (χ2v) is 19.9. The molecule has 24 nitrogen and oxygen atoms in total. The summed E-state index contributed by atoms with van der Waals surface area (Å²) in [7, 11) is 0. The standard InChI is InChI=1S/C55H63F2N9O15/c1-3-55(76)39-21-43-50-37(27-66(43)52(74)38(39)28-81-53(55)75)36(35-19-33(2)40(56)22-41(35)63-50)26-64-29-54(57,30-64)31-80-32-61-46(69)24-60-51(73)42(20-34-7-5-4-6-8-34)62-47(70)25-59-45(68)23-58-44(67)11-13-77-15-17-79-18-16-78-14-12-65-48(71)9-10-49(65)72/h4-10,19,21-22,42,76H,3,11-18,20,23-32H2,1-2H3,(H,58,67)(H,59,68)(H,60,73)(H,61,69)(H,62,70)/t42?,55-/m0/s1. The highest BCUT2D eigenvalue weighted by Gasteiger charge is 2.47. The lowest BCUT2D eigenvalue weighted by atomic mass is 9.86. The minimum absolute atomic E-state index is 0.0351. The molecule has 2 aromatic carbocycles. The van der Waals surface area contributed by atoms with Crippen LogP contribution < -0.4 is 32.1 Å². The normalized spacial score (nSPS) is 17.2. The van der Waals surface area contributed by atoms with Crippen LogP contribution in [0.1, 0.15) is 53.1 Å². The number of alkyl halides is 1. The molecule has 432 valence electrons. The summed E-state index contributed by atoms with van der Waals surface area (Å²) in [5.41, 5.74) is -0.566. The van der Waals surface area contributed by atoms with Gasteiger partial charge in [-0.1, -0.05) is 37.3 Å². The number of hydrogen-bond acceptors (Lipinski definition) is 17. The number of nitrogens with zero attached hydrogens (tertiary/aromatic N) is 4. The summed E-state index contributed by atoms with van der Waals surface area (Å²) < 4.78 is 59.3. The molecule has 4 aliphatic rings. The van der Waals surface area contributed by atoms with Gasteiger partial charge in [0.05, 0.1) is 101 Å². The molecule has 6 heterocycles. The monoisotopic (exact) mass is 1130 g/mol. The van der Waals surface area contributed by atoms with E-state index in [9.17, 15) is 52.6 Å². The van der Waals surface area contributed by atoms with E-state index in [1.54, 1.807) is 56.3 Å². The Bertz CT molecular complexity index is 3150. The Morgan fingerprint density at radius 1 is 0.802 bits per heavy atom. The first-order valence-electron chi connectivity index (χ1n) is 26.3. The number of benzene rings is 2. The summed E-state index contributed by atoms with van der Waals surface area (Å²) in [6.07, 6.45) is 2.34. The van der Waals surface area contributed by atoms with Gasteiger partial charge >= 0.3 is 5.97 Å². The molecule has 1 saturated heterocycles. The molecular weight excluding hydrogens is 1060 g/mol. The van der Waals surface area contributed by atoms with E-state index in [-0.39, 0.29) is 128 Å². The molecule has 0 saturated carbocycles.